The summed E-state index contributed by atoms with van der Waals surface area (Å²) in [5.74, 6) is -0.280. The second-order valence-electron chi connectivity index (χ2n) is 7.27. The standard InChI is InChI=1S/C20H18F2N6OS/c21-11-4-6-27(10-11)16-9-24-14(8-25-16)19-26-13-5-7-28(20(29)18(13)30-19)15-3-1-2-12(23)17(15)22/h1-3,8-9,11H,4-7,10,23H2/t11-/m1/s1. The molecule has 1 saturated heterocycles. The summed E-state index contributed by atoms with van der Waals surface area (Å²) < 4.78 is 27.8. The van der Waals surface area contributed by atoms with Crippen molar-refractivity contribution in [3.05, 3.63) is 47.0 Å². The van der Waals surface area contributed by atoms with Gasteiger partial charge in [-0.05, 0) is 18.6 Å². The summed E-state index contributed by atoms with van der Waals surface area (Å²) in [6.45, 7) is 1.26. The van der Waals surface area contributed by atoms with Gasteiger partial charge in [0.15, 0.2) is 5.82 Å². The summed E-state index contributed by atoms with van der Waals surface area (Å²) in [6, 6.07) is 4.63. The van der Waals surface area contributed by atoms with Crippen molar-refractivity contribution >= 4 is 34.4 Å². The van der Waals surface area contributed by atoms with Crippen molar-refractivity contribution in [2.75, 3.05) is 35.2 Å². The number of benzene rings is 1. The van der Waals surface area contributed by atoms with Gasteiger partial charge in [-0.1, -0.05) is 6.07 Å². The molecule has 7 nitrogen and oxygen atoms in total. The predicted octanol–water partition coefficient (Wildman–Crippen LogP) is 3.07. The molecule has 2 aliphatic rings. The summed E-state index contributed by atoms with van der Waals surface area (Å²) in [5.41, 5.74) is 7.04. The second-order valence-corrected chi connectivity index (χ2v) is 8.27. The first-order valence-corrected chi connectivity index (χ1v) is 10.4. The van der Waals surface area contributed by atoms with Gasteiger partial charge in [-0.15, -0.1) is 11.3 Å². The first-order valence-electron chi connectivity index (χ1n) is 9.58. The smallest absolute Gasteiger partial charge is 0.270 e. The summed E-state index contributed by atoms with van der Waals surface area (Å²) in [4.78, 5) is 30.1. The number of carbonyl (C=O) groups excluding carboxylic acids is 1. The number of nitrogens with zero attached hydrogens (tertiary/aromatic N) is 5. The summed E-state index contributed by atoms with van der Waals surface area (Å²) >= 11 is 1.21. The Balaban J connectivity index is 1.41. The molecule has 154 valence electrons. The number of alkyl halides is 1. The third-order valence-corrected chi connectivity index (χ3v) is 6.43. The molecule has 2 aromatic heterocycles. The molecule has 30 heavy (non-hydrogen) atoms. The topological polar surface area (TPSA) is 88.2 Å². The van der Waals surface area contributed by atoms with Gasteiger partial charge in [0, 0.05) is 19.5 Å². The number of rotatable bonds is 3. The van der Waals surface area contributed by atoms with Crippen molar-refractivity contribution in [1.82, 2.24) is 15.0 Å². The molecule has 4 heterocycles. The van der Waals surface area contributed by atoms with Crippen LogP contribution in [0.1, 0.15) is 21.8 Å². The molecule has 0 unspecified atom stereocenters. The SMILES string of the molecule is Nc1cccc(N2CCc3nc(-c4cnc(N5CC[C@@H](F)C5)cn4)sc3C2=O)c1F. The average Bonchev–Trinajstić information content (AvgIpc) is 3.38. The van der Waals surface area contributed by atoms with E-state index in [1.54, 1.807) is 24.5 Å². The Kier molecular flexibility index (Phi) is 4.58. The average molecular weight is 428 g/mol. The molecule has 0 saturated carbocycles. The Morgan fingerprint density at radius 2 is 2.07 bits per heavy atom. The van der Waals surface area contributed by atoms with E-state index in [4.69, 9.17) is 5.73 Å². The monoisotopic (exact) mass is 428 g/mol. The maximum absolute atomic E-state index is 14.4. The van der Waals surface area contributed by atoms with E-state index in [9.17, 15) is 13.6 Å². The van der Waals surface area contributed by atoms with Crippen molar-refractivity contribution in [2.24, 2.45) is 0 Å². The van der Waals surface area contributed by atoms with Crippen LogP contribution < -0.4 is 15.5 Å². The van der Waals surface area contributed by atoms with Crippen LogP contribution in [0.4, 0.5) is 26.0 Å². The van der Waals surface area contributed by atoms with Crippen LogP contribution in [0, 0.1) is 5.82 Å². The van der Waals surface area contributed by atoms with E-state index in [-0.39, 0.29) is 17.3 Å². The van der Waals surface area contributed by atoms with Gasteiger partial charge in [0.25, 0.3) is 5.91 Å². The van der Waals surface area contributed by atoms with Gasteiger partial charge in [-0.25, -0.2) is 23.7 Å². The highest BCUT2D eigenvalue weighted by atomic mass is 32.1. The molecule has 3 aromatic rings. The fourth-order valence-electron chi connectivity index (χ4n) is 3.74. The van der Waals surface area contributed by atoms with Gasteiger partial charge >= 0.3 is 0 Å². The summed E-state index contributed by atoms with van der Waals surface area (Å²) in [6.07, 6.45) is 3.35. The Morgan fingerprint density at radius 3 is 2.80 bits per heavy atom. The molecule has 2 N–H and O–H groups in total. The lowest BCUT2D eigenvalue weighted by molar-refractivity contribution is 0.0983. The number of nitrogen functional groups attached to an aromatic ring is 1. The second kappa shape index (κ2) is 7.28. The molecule has 0 spiro atoms. The first-order chi connectivity index (χ1) is 14.5. The maximum atomic E-state index is 14.4. The van der Waals surface area contributed by atoms with Crippen molar-refractivity contribution in [3.63, 3.8) is 0 Å². The van der Waals surface area contributed by atoms with E-state index >= 15 is 0 Å². The molecule has 5 rings (SSSR count). The molecule has 1 atom stereocenters. The molecule has 10 heteroatoms. The zero-order valence-electron chi connectivity index (χ0n) is 15.9. The van der Waals surface area contributed by atoms with Crippen LogP contribution in [0.15, 0.2) is 30.6 Å². The largest absolute Gasteiger partial charge is 0.396 e. The predicted molar refractivity (Wildman–Crippen MR) is 111 cm³/mol. The van der Waals surface area contributed by atoms with E-state index < -0.39 is 12.0 Å². The lowest BCUT2D eigenvalue weighted by Crippen LogP contribution is -2.37. The number of thiazole rings is 1. The number of hydrogen-bond acceptors (Lipinski definition) is 7. The van der Waals surface area contributed by atoms with Crippen LogP contribution in [0.3, 0.4) is 0 Å². The number of fused-ring (bicyclic) bond motifs is 1. The first kappa shape index (κ1) is 18.9. The van der Waals surface area contributed by atoms with Gasteiger partial charge < -0.3 is 15.5 Å². The maximum Gasteiger partial charge on any atom is 0.270 e. The van der Waals surface area contributed by atoms with Crippen molar-refractivity contribution in [2.45, 2.75) is 19.0 Å². The molecule has 2 aliphatic heterocycles. The van der Waals surface area contributed by atoms with Gasteiger partial charge in [-0.3, -0.25) is 4.79 Å². The quantitative estimate of drug-likeness (QED) is 0.645. The summed E-state index contributed by atoms with van der Waals surface area (Å²) in [5, 5.41) is 0.576. The minimum absolute atomic E-state index is 0.00328. The number of aromatic nitrogens is 3. The third kappa shape index (κ3) is 3.17. The highest BCUT2D eigenvalue weighted by Crippen LogP contribution is 2.34. The number of carbonyl (C=O) groups is 1. The Bertz CT molecular complexity index is 1120. The van der Waals surface area contributed by atoms with Gasteiger partial charge in [0.2, 0.25) is 0 Å². The molecule has 1 amide bonds. The molecule has 0 aliphatic carbocycles. The highest BCUT2D eigenvalue weighted by Gasteiger charge is 2.31. The van der Waals surface area contributed by atoms with Crippen LogP contribution in [0.2, 0.25) is 0 Å². The van der Waals surface area contributed by atoms with E-state index in [1.807, 2.05) is 4.90 Å². The Labute approximate surface area is 175 Å². The Hall–Kier alpha value is -3.14. The normalized spacial score (nSPS) is 18.7. The lowest BCUT2D eigenvalue weighted by Gasteiger charge is -2.26. The molecule has 0 radical (unpaired) electrons. The van der Waals surface area contributed by atoms with Crippen molar-refractivity contribution in [1.29, 1.82) is 0 Å². The highest BCUT2D eigenvalue weighted by molar-refractivity contribution is 7.17. The van der Waals surface area contributed by atoms with Crippen LogP contribution >= 0.6 is 11.3 Å². The Morgan fingerprint density at radius 1 is 1.20 bits per heavy atom. The van der Waals surface area contributed by atoms with Crippen LogP contribution in [0.25, 0.3) is 10.7 Å². The molecular weight excluding hydrogens is 410 g/mol. The number of anilines is 3. The minimum atomic E-state index is -0.837. The number of hydrogen-bond donors (Lipinski definition) is 1. The van der Waals surface area contributed by atoms with E-state index in [1.165, 1.54) is 22.3 Å². The fraction of sp³-hybridized carbons (Fsp3) is 0.300. The van der Waals surface area contributed by atoms with Gasteiger partial charge in [0.05, 0.1) is 36.0 Å². The zero-order valence-corrected chi connectivity index (χ0v) is 16.7. The van der Waals surface area contributed by atoms with E-state index in [0.717, 1.165) is 0 Å². The molecule has 1 fully saturated rings. The van der Waals surface area contributed by atoms with Crippen LogP contribution in [-0.2, 0) is 6.42 Å². The van der Waals surface area contributed by atoms with Gasteiger partial charge in [-0.2, -0.15) is 0 Å². The van der Waals surface area contributed by atoms with E-state index in [2.05, 4.69) is 15.0 Å². The third-order valence-electron chi connectivity index (χ3n) is 5.32. The van der Waals surface area contributed by atoms with Crippen molar-refractivity contribution < 1.29 is 13.6 Å². The fourth-order valence-corrected chi connectivity index (χ4v) is 4.76. The number of amides is 1. The van der Waals surface area contributed by atoms with Crippen LogP contribution in [0.5, 0.6) is 0 Å². The van der Waals surface area contributed by atoms with Crippen molar-refractivity contribution in [3.8, 4) is 10.7 Å². The molecule has 1 aromatic carbocycles. The van der Waals surface area contributed by atoms with E-state index in [0.29, 0.717) is 59.6 Å². The molecular formula is C20H18F2N6OS. The molecule has 0 bridgehead atoms. The zero-order chi connectivity index (χ0) is 20.8. The minimum Gasteiger partial charge on any atom is -0.396 e. The summed E-state index contributed by atoms with van der Waals surface area (Å²) in [7, 11) is 0. The number of halogens is 2. The van der Waals surface area contributed by atoms with Gasteiger partial charge in [0.1, 0.15) is 27.6 Å². The lowest BCUT2D eigenvalue weighted by atomic mass is 10.1. The van der Waals surface area contributed by atoms with Crippen LogP contribution in [-0.4, -0.2) is 46.7 Å². The number of nitrogens with two attached hydrogens (primary N) is 1.